The van der Waals surface area contributed by atoms with Gasteiger partial charge >= 0.3 is 0 Å². The second-order valence-corrected chi connectivity index (χ2v) is 15.1. The zero-order chi connectivity index (χ0) is 25.5. The van der Waals surface area contributed by atoms with Crippen molar-refractivity contribution < 1.29 is 23.5 Å². The number of aliphatic hydroxyl groups is 1. The van der Waals surface area contributed by atoms with Crippen LogP contribution >= 0.6 is 0 Å². The van der Waals surface area contributed by atoms with E-state index in [0.717, 1.165) is 0 Å². The molecule has 1 saturated carbocycles. The number of fused-ring (bicyclic) bond motifs is 1. The van der Waals surface area contributed by atoms with Crippen molar-refractivity contribution in [2.75, 3.05) is 11.9 Å². The third-order valence-corrected chi connectivity index (χ3v) is 11.5. The Bertz CT molecular complexity index is 1240. The molecular formula is C24H30FN5O4Si. The minimum Gasteiger partial charge on any atom is -0.416 e. The number of nitrogens with zero attached hydrogens (tertiary/aromatic N) is 4. The summed E-state index contributed by atoms with van der Waals surface area (Å²) < 4.78 is 22.6. The minimum atomic E-state index is -2.22. The van der Waals surface area contributed by atoms with Gasteiger partial charge in [-0.05, 0) is 30.3 Å². The molecule has 1 fully saturated rings. The van der Waals surface area contributed by atoms with Gasteiger partial charge in [0.05, 0.1) is 12.2 Å². The number of anilines is 1. The molecule has 1 aliphatic rings. The summed E-state index contributed by atoms with van der Waals surface area (Å²) in [6, 6.07) is 7.39. The summed E-state index contributed by atoms with van der Waals surface area (Å²) in [6.07, 6.45) is -0.829. The van der Waals surface area contributed by atoms with Gasteiger partial charge in [-0.25, -0.2) is 19.3 Å². The van der Waals surface area contributed by atoms with Gasteiger partial charge in [0.2, 0.25) is 0 Å². The molecule has 0 bridgehead atoms. The van der Waals surface area contributed by atoms with Crippen molar-refractivity contribution in [2.45, 2.75) is 57.2 Å². The number of halogens is 1. The maximum Gasteiger partial charge on any atom is 0.256 e. The maximum atomic E-state index is 15.1. The topological polar surface area (TPSA) is 119 Å². The van der Waals surface area contributed by atoms with Crippen LogP contribution in [-0.4, -0.2) is 63.5 Å². The van der Waals surface area contributed by atoms with E-state index >= 15 is 4.39 Å². The molecule has 0 saturated heterocycles. The number of alkyl halides is 1. The molecule has 0 spiro atoms. The molecule has 11 heteroatoms. The number of hydrogen-bond donors (Lipinski definition) is 2. The Kier molecular flexibility index (Phi) is 6.60. The molecule has 0 unspecified atom stereocenters. The van der Waals surface area contributed by atoms with Crippen LogP contribution in [0.25, 0.3) is 11.2 Å². The van der Waals surface area contributed by atoms with Crippen molar-refractivity contribution in [1.82, 2.24) is 19.5 Å². The van der Waals surface area contributed by atoms with Gasteiger partial charge in [-0.15, -0.1) is 0 Å². The van der Waals surface area contributed by atoms with E-state index in [-0.39, 0.29) is 34.5 Å². The van der Waals surface area contributed by atoms with Crippen LogP contribution in [0.4, 0.5) is 10.2 Å². The molecule has 35 heavy (non-hydrogen) atoms. The van der Waals surface area contributed by atoms with E-state index in [1.165, 1.54) is 17.2 Å². The Hall–Kier alpha value is -3.02. The number of Topliss-reactive ketones (excluding diaryl/α,β-unsaturated/α-hetero) is 1. The number of aliphatic hydroxyl groups excluding tert-OH is 1. The van der Waals surface area contributed by atoms with Crippen LogP contribution in [0.1, 0.15) is 37.2 Å². The van der Waals surface area contributed by atoms with Crippen LogP contribution in [-0.2, 0) is 9.22 Å². The van der Waals surface area contributed by atoms with Crippen molar-refractivity contribution >= 4 is 37.0 Å². The molecule has 4 atom stereocenters. The lowest BCUT2D eigenvalue weighted by molar-refractivity contribution is -0.125. The summed E-state index contributed by atoms with van der Waals surface area (Å²) in [7, 11) is -2.22. The van der Waals surface area contributed by atoms with Gasteiger partial charge in [-0.3, -0.25) is 9.59 Å². The SMILES string of the molecule is CC(C)(C)[Si](C)(C)OC[C@@H]1C(=O)[C@H](n2cnc3c(NC(=O)c4ccccc4)ncnc32)[C@H](O)[C@@H]1F. The monoisotopic (exact) mass is 499 g/mol. The zero-order valence-corrected chi connectivity index (χ0v) is 21.4. The number of imidazole rings is 1. The quantitative estimate of drug-likeness (QED) is 0.498. The van der Waals surface area contributed by atoms with Crippen molar-refractivity contribution in [3.8, 4) is 0 Å². The number of carbonyl (C=O) groups excluding carboxylic acids is 2. The van der Waals surface area contributed by atoms with Crippen LogP contribution in [0, 0.1) is 5.92 Å². The molecule has 4 rings (SSSR count). The highest BCUT2D eigenvalue weighted by Crippen LogP contribution is 2.40. The summed E-state index contributed by atoms with van der Waals surface area (Å²) in [6.45, 7) is 10.1. The average Bonchev–Trinajstić information content (AvgIpc) is 3.31. The van der Waals surface area contributed by atoms with Crippen LogP contribution in [0.15, 0.2) is 43.0 Å². The first-order chi connectivity index (χ1) is 16.4. The standard InChI is InChI=1S/C24H30FN5O4Si/c1-24(2,3)35(4,5)34-11-15-16(25)20(32)18(19(15)31)30-13-28-17-21(26-12-27-22(17)30)29-23(33)14-9-7-6-8-10-14/h6-10,12-13,15-16,18,20,32H,11H2,1-5H3,(H,26,27,29,33)/t15-,16+,18-,20+/m0/s1. The Morgan fingerprint density at radius 1 is 1.20 bits per heavy atom. The van der Waals surface area contributed by atoms with Gasteiger partial charge in [0.25, 0.3) is 5.91 Å². The number of rotatable bonds is 6. The van der Waals surface area contributed by atoms with Crippen LogP contribution in [0.2, 0.25) is 18.1 Å². The summed E-state index contributed by atoms with van der Waals surface area (Å²) in [5, 5.41) is 13.3. The molecule has 0 aliphatic heterocycles. The zero-order valence-electron chi connectivity index (χ0n) is 20.4. The molecule has 2 N–H and O–H groups in total. The first-order valence-electron chi connectivity index (χ1n) is 11.5. The number of benzene rings is 1. The van der Waals surface area contributed by atoms with Crippen molar-refractivity contribution in [3.63, 3.8) is 0 Å². The Morgan fingerprint density at radius 2 is 1.89 bits per heavy atom. The van der Waals surface area contributed by atoms with E-state index in [2.05, 4.69) is 41.0 Å². The first kappa shape index (κ1) is 25.1. The number of carbonyl (C=O) groups is 2. The molecule has 1 aliphatic carbocycles. The number of hydrogen-bond acceptors (Lipinski definition) is 7. The highest BCUT2D eigenvalue weighted by molar-refractivity contribution is 6.74. The van der Waals surface area contributed by atoms with E-state index in [1.807, 2.05) is 13.1 Å². The lowest BCUT2D eigenvalue weighted by Gasteiger charge is -2.37. The number of nitrogens with one attached hydrogen (secondary N) is 1. The lowest BCUT2D eigenvalue weighted by atomic mass is 10.1. The van der Waals surface area contributed by atoms with Crippen LogP contribution < -0.4 is 5.32 Å². The molecule has 2 aromatic heterocycles. The smallest absolute Gasteiger partial charge is 0.256 e. The average molecular weight is 500 g/mol. The van der Waals surface area contributed by atoms with Gasteiger partial charge in [0, 0.05) is 12.2 Å². The maximum absolute atomic E-state index is 15.1. The molecule has 1 aromatic carbocycles. The van der Waals surface area contributed by atoms with E-state index in [0.29, 0.717) is 5.56 Å². The normalized spacial score (nSPS) is 23.1. The summed E-state index contributed by atoms with van der Waals surface area (Å²) >= 11 is 0. The fraction of sp³-hybridized carbons (Fsp3) is 0.458. The second kappa shape index (κ2) is 9.21. The number of amides is 1. The fourth-order valence-corrected chi connectivity index (χ4v) is 4.89. The second-order valence-electron chi connectivity index (χ2n) is 10.3. The van der Waals surface area contributed by atoms with Gasteiger partial charge in [-0.1, -0.05) is 39.0 Å². The fourth-order valence-electron chi connectivity index (χ4n) is 3.86. The highest BCUT2D eigenvalue weighted by atomic mass is 28.4. The van der Waals surface area contributed by atoms with Gasteiger partial charge in [0.15, 0.2) is 31.1 Å². The number of ketones is 1. The van der Waals surface area contributed by atoms with Crippen molar-refractivity contribution in [3.05, 3.63) is 48.5 Å². The molecule has 186 valence electrons. The van der Waals surface area contributed by atoms with E-state index in [4.69, 9.17) is 4.43 Å². The minimum absolute atomic E-state index is 0.0932. The van der Waals surface area contributed by atoms with Crippen LogP contribution in [0.5, 0.6) is 0 Å². The number of aromatic nitrogens is 4. The third-order valence-electron chi connectivity index (χ3n) is 7.05. The van der Waals surface area contributed by atoms with Crippen molar-refractivity contribution in [1.29, 1.82) is 0 Å². The van der Waals surface area contributed by atoms with Gasteiger partial charge in [0.1, 0.15) is 24.6 Å². The van der Waals surface area contributed by atoms with E-state index < -0.39 is 38.3 Å². The molecule has 0 radical (unpaired) electrons. The summed E-state index contributed by atoms with van der Waals surface area (Å²) in [5.41, 5.74) is 0.872. The van der Waals surface area contributed by atoms with Crippen molar-refractivity contribution in [2.24, 2.45) is 5.92 Å². The Labute approximate surface area is 203 Å². The summed E-state index contributed by atoms with van der Waals surface area (Å²) in [4.78, 5) is 38.4. The molecule has 3 aromatic rings. The van der Waals surface area contributed by atoms with Gasteiger partial charge < -0.3 is 19.4 Å². The van der Waals surface area contributed by atoms with Crippen LogP contribution in [0.3, 0.4) is 0 Å². The van der Waals surface area contributed by atoms with E-state index in [1.54, 1.807) is 30.3 Å². The molecular weight excluding hydrogens is 469 g/mol. The Balaban J connectivity index is 1.59. The largest absolute Gasteiger partial charge is 0.416 e. The first-order valence-corrected chi connectivity index (χ1v) is 14.4. The highest BCUT2D eigenvalue weighted by Gasteiger charge is 2.52. The summed E-state index contributed by atoms with van der Waals surface area (Å²) in [5.74, 6) is -1.81. The Morgan fingerprint density at radius 3 is 2.54 bits per heavy atom. The van der Waals surface area contributed by atoms with Gasteiger partial charge in [-0.2, -0.15) is 0 Å². The molecule has 9 nitrogen and oxygen atoms in total. The molecule has 1 amide bonds. The predicted molar refractivity (Wildman–Crippen MR) is 131 cm³/mol. The predicted octanol–water partition coefficient (Wildman–Crippen LogP) is 3.54. The lowest BCUT2D eigenvalue weighted by Crippen LogP contribution is -2.43. The molecule has 2 heterocycles. The third kappa shape index (κ3) is 4.63. The van der Waals surface area contributed by atoms with E-state index in [9.17, 15) is 14.7 Å².